The zero-order valence-electron chi connectivity index (χ0n) is 11.7. The van der Waals surface area contributed by atoms with Crippen LogP contribution >= 0.6 is 11.6 Å². The van der Waals surface area contributed by atoms with Gasteiger partial charge in [-0.25, -0.2) is 9.18 Å². The Labute approximate surface area is 127 Å². The zero-order chi connectivity index (χ0) is 15.5. The summed E-state index contributed by atoms with van der Waals surface area (Å²) in [5, 5.41) is 3.51. The number of carbonyl (C=O) groups is 1. The molecule has 0 saturated carbocycles. The van der Waals surface area contributed by atoms with E-state index in [1.54, 1.807) is 43.3 Å². The molecule has 0 spiro atoms. The largest absolute Gasteiger partial charge is 0.467 e. The molecule has 0 fully saturated rings. The molecule has 21 heavy (non-hydrogen) atoms. The Balaban J connectivity index is 2.45. The van der Waals surface area contributed by atoms with Gasteiger partial charge in [0.05, 0.1) is 7.11 Å². The first-order chi connectivity index (χ1) is 9.97. The molecule has 0 aliphatic rings. The summed E-state index contributed by atoms with van der Waals surface area (Å²) in [6, 6.07) is 12.7. The number of halogens is 2. The Hall–Kier alpha value is -2.07. The van der Waals surface area contributed by atoms with Crippen molar-refractivity contribution in [1.29, 1.82) is 0 Å². The van der Waals surface area contributed by atoms with Gasteiger partial charge in [-0.2, -0.15) is 0 Å². The molecule has 5 heteroatoms. The van der Waals surface area contributed by atoms with Crippen molar-refractivity contribution in [2.45, 2.75) is 12.5 Å². The molecule has 0 radical (unpaired) electrons. The molecule has 110 valence electrons. The molecule has 2 aromatic rings. The van der Waals surface area contributed by atoms with E-state index in [0.717, 1.165) is 0 Å². The summed E-state index contributed by atoms with van der Waals surface area (Å²) in [7, 11) is 1.31. The normalized spacial score (nSPS) is 13.3. The van der Waals surface area contributed by atoms with Gasteiger partial charge in [-0.15, -0.1) is 0 Å². The second-order valence-corrected chi connectivity index (χ2v) is 5.14. The molecule has 0 aliphatic heterocycles. The maximum absolute atomic E-state index is 13.0. The lowest BCUT2D eigenvalue weighted by Gasteiger charge is -2.30. The fourth-order valence-corrected chi connectivity index (χ4v) is 2.45. The van der Waals surface area contributed by atoms with Crippen LogP contribution in [0.15, 0.2) is 48.5 Å². The fourth-order valence-electron chi connectivity index (χ4n) is 2.12. The second kappa shape index (κ2) is 6.14. The highest BCUT2D eigenvalue weighted by molar-refractivity contribution is 6.31. The van der Waals surface area contributed by atoms with Gasteiger partial charge in [0.15, 0.2) is 5.54 Å². The van der Waals surface area contributed by atoms with Gasteiger partial charge in [-0.05, 0) is 37.3 Å². The van der Waals surface area contributed by atoms with Gasteiger partial charge in [0.25, 0.3) is 0 Å². The number of anilines is 1. The molecule has 2 aromatic carbocycles. The summed E-state index contributed by atoms with van der Waals surface area (Å²) in [5.74, 6) is -0.835. The van der Waals surface area contributed by atoms with Crippen LogP contribution in [0.3, 0.4) is 0 Å². The van der Waals surface area contributed by atoms with Crippen LogP contribution in [0.5, 0.6) is 0 Å². The van der Waals surface area contributed by atoms with Crippen LogP contribution in [0.25, 0.3) is 0 Å². The number of nitrogens with one attached hydrogen (secondary N) is 1. The van der Waals surface area contributed by atoms with E-state index < -0.39 is 11.5 Å². The Bertz CT molecular complexity index is 645. The summed E-state index contributed by atoms with van der Waals surface area (Å²) in [6.45, 7) is 1.67. The molecule has 1 atom stereocenters. The minimum Gasteiger partial charge on any atom is -0.467 e. The summed E-state index contributed by atoms with van der Waals surface area (Å²) in [6.07, 6.45) is 0. The molecule has 3 nitrogen and oxygen atoms in total. The molecular weight excluding hydrogens is 293 g/mol. The minimum absolute atomic E-state index is 0.349. The predicted molar refractivity (Wildman–Crippen MR) is 80.8 cm³/mol. The van der Waals surface area contributed by atoms with Gasteiger partial charge in [-0.1, -0.05) is 29.8 Å². The summed E-state index contributed by atoms with van der Waals surface area (Å²) >= 11 is 6.19. The Morgan fingerprint density at radius 1 is 1.19 bits per heavy atom. The Morgan fingerprint density at radius 2 is 1.81 bits per heavy atom. The van der Waals surface area contributed by atoms with Crippen LogP contribution in [-0.4, -0.2) is 13.1 Å². The molecule has 2 rings (SSSR count). The first kappa shape index (κ1) is 15.3. The first-order valence-electron chi connectivity index (χ1n) is 6.34. The highest BCUT2D eigenvalue weighted by atomic mass is 35.5. The highest BCUT2D eigenvalue weighted by Crippen LogP contribution is 2.32. The third kappa shape index (κ3) is 3.16. The fraction of sp³-hybridized carbons (Fsp3) is 0.188. The number of ether oxygens (including phenoxy) is 1. The van der Waals surface area contributed by atoms with Crippen molar-refractivity contribution in [2.75, 3.05) is 12.4 Å². The number of rotatable bonds is 4. The van der Waals surface area contributed by atoms with E-state index in [-0.39, 0.29) is 5.82 Å². The number of hydrogen-bond acceptors (Lipinski definition) is 3. The standard InChI is InChI=1S/C16H15ClFNO2/c1-16(15(20)21-2,13-5-3-4-6-14(13)17)19-12-9-7-11(18)8-10-12/h3-10,19H,1-2H3. The predicted octanol–water partition coefficient (Wildman–Crippen LogP) is 3.98. The Morgan fingerprint density at radius 3 is 2.38 bits per heavy atom. The Kier molecular flexibility index (Phi) is 4.48. The molecule has 0 saturated heterocycles. The topological polar surface area (TPSA) is 38.3 Å². The number of hydrogen-bond donors (Lipinski definition) is 1. The molecule has 0 aliphatic carbocycles. The quantitative estimate of drug-likeness (QED) is 0.868. The number of carbonyl (C=O) groups excluding carboxylic acids is 1. The maximum atomic E-state index is 13.0. The summed E-state index contributed by atoms with van der Waals surface area (Å²) in [5.41, 5.74) is -0.00247. The van der Waals surface area contributed by atoms with Crippen LogP contribution in [-0.2, 0) is 15.1 Å². The summed E-state index contributed by atoms with van der Waals surface area (Å²) < 4.78 is 17.9. The molecular formula is C16H15ClFNO2. The molecule has 0 bridgehead atoms. The smallest absolute Gasteiger partial charge is 0.335 e. The van der Waals surface area contributed by atoms with Crippen LogP contribution in [0, 0.1) is 5.82 Å². The van der Waals surface area contributed by atoms with E-state index in [1.807, 2.05) is 0 Å². The van der Waals surface area contributed by atoms with E-state index >= 15 is 0 Å². The average Bonchev–Trinajstić information content (AvgIpc) is 2.49. The van der Waals surface area contributed by atoms with Gasteiger partial charge < -0.3 is 10.1 Å². The minimum atomic E-state index is -1.18. The lowest BCUT2D eigenvalue weighted by atomic mass is 9.91. The van der Waals surface area contributed by atoms with Crippen LogP contribution in [0.4, 0.5) is 10.1 Å². The highest BCUT2D eigenvalue weighted by Gasteiger charge is 2.38. The van der Waals surface area contributed by atoms with E-state index in [1.165, 1.54) is 19.2 Å². The van der Waals surface area contributed by atoms with Crippen molar-refractivity contribution in [2.24, 2.45) is 0 Å². The SMILES string of the molecule is COC(=O)C(C)(Nc1ccc(F)cc1)c1ccccc1Cl. The maximum Gasteiger partial charge on any atom is 0.335 e. The molecule has 1 unspecified atom stereocenters. The van der Waals surface area contributed by atoms with Gasteiger partial charge in [-0.3, -0.25) is 0 Å². The number of esters is 1. The van der Waals surface area contributed by atoms with Crippen molar-refractivity contribution in [3.63, 3.8) is 0 Å². The molecule has 0 heterocycles. The lowest BCUT2D eigenvalue weighted by Crippen LogP contribution is -2.41. The van der Waals surface area contributed by atoms with Crippen molar-refractivity contribution >= 4 is 23.3 Å². The van der Waals surface area contributed by atoms with Crippen molar-refractivity contribution in [1.82, 2.24) is 0 Å². The van der Waals surface area contributed by atoms with Gasteiger partial charge in [0, 0.05) is 16.3 Å². The van der Waals surface area contributed by atoms with E-state index in [0.29, 0.717) is 16.3 Å². The molecule has 0 aromatic heterocycles. The molecule has 0 amide bonds. The average molecular weight is 308 g/mol. The van der Waals surface area contributed by atoms with Gasteiger partial charge >= 0.3 is 5.97 Å². The van der Waals surface area contributed by atoms with E-state index in [9.17, 15) is 9.18 Å². The van der Waals surface area contributed by atoms with Crippen molar-refractivity contribution in [3.05, 3.63) is 64.9 Å². The second-order valence-electron chi connectivity index (χ2n) is 4.73. The lowest BCUT2D eigenvalue weighted by molar-refractivity contribution is -0.145. The van der Waals surface area contributed by atoms with Gasteiger partial charge in [0.1, 0.15) is 5.82 Å². The first-order valence-corrected chi connectivity index (χ1v) is 6.72. The number of benzene rings is 2. The van der Waals surface area contributed by atoms with E-state index in [4.69, 9.17) is 16.3 Å². The van der Waals surface area contributed by atoms with Crippen LogP contribution < -0.4 is 5.32 Å². The third-order valence-corrected chi connectivity index (χ3v) is 3.57. The number of methoxy groups -OCH3 is 1. The zero-order valence-corrected chi connectivity index (χ0v) is 12.4. The third-order valence-electron chi connectivity index (χ3n) is 3.24. The van der Waals surface area contributed by atoms with Crippen LogP contribution in [0.1, 0.15) is 12.5 Å². The van der Waals surface area contributed by atoms with Crippen LogP contribution in [0.2, 0.25) is 5.02 Å². The van der Waals surface area contributed by atoms with E-state index in [2.05, 4.69) is 5.32 Å². The molecule has 1 N–H and O–H groups in total. The van der Waals surface area contributed by atoms with Crippen molar-refractivity contribution < 1.29 is 13.9 Å². The van der Waals surface area contributed by atoms with Crippen molar-refractivity contribution in [3.8, 4) is 0 Å². The summed E-state index contributed by atoms with van der Waals surface area (Å²) in [4.78, 5) is 12.2. The monoisotopic (exact) mass is 307 g/mol. The van der Waals surface area contributed by atoms with Gasteiger partial charge in [0.2, 0.25) is 0 Å².